The first-order chi connectivity index (χ1) is 10.2. The Morgan fingerprint density at radius 3 is 2.76 bits per heavy atom. The number of piperidine rings is 1. The first-order valence-corrected chi connectivity index (χ1v) is 7.61. The van der Waals surface area contributed by atoms with Crippen molar-refractivity contribution in [3.63, 3.8) is 0 Å². The van der Waals surface area contributed by atoms with Crippen LogP contribution in [0.3, 0.4) is 0 Å². The molecule has 0 saturated carbocycles. The topological polar surface area (TPSA) is 81.3 Å². The number of aryl methyl sites for hydroxylation is 1. The Kier molecular flexibility index (Phi) is 5.50. The summed E-state index contributed by atoms with van der Waals surface area (Å²) in [5.74, 6) is 1.06. The third-order valence-electron chi connectivity index (χ3n) is 3.93. The first kappa shape index (κ1) is 15.7. The lowest BCUT2D eigenvalue weighted by Crippen LogP contribution is -2.35. The van der Waals surface area contributed by atoms with Gasteiger partial charge in [-0.2, -0.15) is 0 Å². The average molecular weight is 292 g/mol. The summed E-state index contributed by atoms with van der Waals surface area (Å²) in [7, 11) is 0. The Hall–Kier alpha value is -1.69. The predicted octanol–water partition coefficient (Wildman–Crippen LogP) is 1.53. The maximum atomic E-state index is 11.7. The lowest BCUT2D eigenvalue weighted by atomic mass is 9.94. The Morgan fingerprint density at radius 1 is 1.48 bits per heavy atom. The molecule has 6 nitrogen and oxygen atoms in total. The molecule has 1 saturated heterocycles. The van der Waals surface area contributed by atoms with Gasteiger partial charge in [-0.15, -0.1) is 0 Å². The van der Waals surface area contributed by atoms with E-state index < -0.39 is 0 Å². The first-order valence-electron chi connectivity index (χ1n) is 7.61. The van der Waals surface area contributed by atoms with Gasteiger partial charge in [0, 0.05) is 19.3 Å². The predicted molar refractivity (Wildman–Crippen MR) is 81.3 cm³/mol. The van der Waals surface area contributed by atoms with Gasteiger partial charge in [0.25, 0.3) is 0 Å². The second-order valence-electron chi connectivity index (χ2n) is 5.40. The summed E-state index contributed by atoms with van der Waals surface area (Å²) >= 11 is 0. The van der Waals surface area contributed by atoms with Gasteiger partial charge in [0.1, 0.15) is 0 Å². The summed E-state index contributed by atoms with van der Waals surface area (Å²) in [6.07, 6.45) is 4.91. The molecule has 0 amide bonds. The lowest BCUT2D eigenvalue weighted by Gasteiger charge is -2.32. The summed E-state index contributed by atoms with van der Waals surface area (Å²) in [6.45, 7) is 6.61. The average Bonchev–Trinajstić information content (AvgIpc) is 2.48. The van der Waals surface area contributed by atoms with E-state index in [9.17, 15) is 4.79 Å². The van der Waals surface area contributed by atoms with E-state index >= 15 is 0 Å². The molecule has 1 aliphatic heterocycles. The number of carbonyl (C=O) groups is 1. The second kappa shape index (κ2) is 7.36. The van der Waals surface area contributed by atoms with Crippen LogP contribution in [0.4, 0.5) is 5.95 Å². The van der Waals surface area contributed by atoms with E-state index in [1.807, 2.05) is 6.92 Å². The number of anilines is 1. The van der Waals surface area contributed by atoms with Crippen LogP contribution in [0.25, 0.3) is 0 Å². The zero-order valence-corrected chi connectivity index (χ0v) is 12.8. The summed E-state index contributed by atoms with van der Waals surface area (Å²) < 4.78 is 4.99. The molecule has 0 spiro atoms. The molecule has 2 rings (SSSR count). The van der Waals surface area contributed by atoms with Gasteiger partial charge in [-0.1, -0.05) is 0 Å². The molecule has 0 aromatic carbocycles. The number of carbonyl (C=O) groups excluding carboxylic acids is 1. The van der Waals surface area contributed by atoms with E-state index in [1.54, 1.807) is 13.1 Å². The van der Waals surface area contributed by atoms with E-state index in [2.05, 4.69) is 14.9 Å². The maximum absolute atomic E-state index is 11.7. The Morgan fingerprint density at radius 2 is 2.19 bits per heavy atom. The van der Waals surface area contributed by atoms with Gasteiger partial charge in [-0.05, 0) is 45.6 Å². The van der Waals surface area contributed by atoms with Gasteiger partial charge in [0.05, 0.1) is 17.9 Å². The molecule has 1 fully saturated rings. The molecule has 0 atom stereocenters. The highest BCUT2D eigenvalue weighted by Gasteiger charge is 2.21. The molecule has 0 bridgehead atoms. The summed E-state index contributed by atoms with van der Waals surface area (Å²) in [4.78, 5) is 22.7. The highest BCUT2D eigenvalue weighted by molar-refractivity contribution is 5.90. The maximum Gasteiger partial charge on any atom is 0.341 e. The van der Waals surface area contributed by atoms with Crippen LogP contribution in [-0.2, 0) is 4.74 Å². The summed E-state index contributed by atoms with van der Waals surface area (Å²) in [5.41, 5.74) is 6.72. The van der Waals surface area contributed by atoms with E-state index in [4.69, 9.17) is 10.5 Å². The SMILES string of the molecule is CCOC(=O)c1cnc(N2CCC(CCN)CC2)nc1C. The molecule has 0 unspecified atom stereocenters. The highest BCUT2D eigenvalue weighted by Crippen LogP contribution is 2.23. The molecule has 6 heteroatoms. The molecule has 2 N–H and O–H groups in total. The number of esters is 1. The van der Waals surface area contributed by atoms with Crippen LogP contribution in [-0.4, -0.2) is 42.2 Å². The van der Waals surface area contributed by atoms with Crippen molar-refractivity contribution in [1.82, 2.24) is 9.97 Å². The zero-order valence-electron chi connectivity index (χ0n) is 12.8. The number of hydrogen-bond acceptors (Lipinski definition) is 6. The molecular weight excluding hydrogens is 268 g/mol. The number of nitrogens with two attached hydrogens (primary N) is 1. The number of hydrogen-bond donors (Lipinski definition) is 1. The molecule has 1 aromatic heterocycles. The van der Waals surface area contributed by atoms with Crippen LogP contribution in [0.2, 0.25) is 0 Å². The van der Waals surface area contributed by atoms with Crippen LogP contribution >= 0.6 is 0 Å². The van der Waals surface area contributed by atoms with E-state index in [0.717, 1.165) is 38.9 Å². The van der Waals surface area contributed by atoms with E-state index in [-0.39, 0.29) is 5.97 Å². The molecule has 1 aromatic rings. The molecule has 2 heterocycles. The molecule has 1 aliphatic rings. The Balaban J connectivity index is 2.02. The van der Waals surface area contributed by atoms with Gasteiger partial charge < -0.3 is 15.4 Å². The van der Waals surface area contributed by atoms with Crippen LogP contribution < -0.4 is 10.6 Å². The van der Waals surface area contributed by atoms with Crippen LogP contribution in [0, 0.1) is 12.8 Å². The van der Waals surface area contributed by atoms with Crippen molar-refractivity contribution in [2.24, 2.45) is 11.7 Å². The van der Waals surface area contributed by atoms with Crippen LogP contribution in [0.1, 0.15) is 42.2 Å². The highest BCUT2D eigenvalue weighted by atomic mass is 16.5. The minimum absolute atomic E-state index is 0.356. The van der Waals surface area contributed by atoms with Crippen molar-refractivity contribution in [3.8, 4) is 0 Å². The fraction of sp³-hybridized carbons (Fsp3) is 0.667. The van der Waals surface area contributed by atoms with Crippen molar-refractivity contribution < 1.29 is 9.53 Å². The van der Waals surface area contributed by atoms with Gasteiger partial charge >= 0.3 is 5.97 Å². The third kappa shape index (κ3) is 3.91. The minimum atomic E-state index is -0.358. The third-order valence-corrected chi connectivity index (χ3v) is 3.93. The summed E-state index contributed by atoms with van der Waals surface area (Å²) in [6, 6.07) is 0. The largest absolute Gasteiger partial charge is 0.462 e. The number of nitrogens with zero attached hydrogens (tertiary/aromatic N) is 3. The summed E-state index contributed by atoms with van der Waals surface area (Å²) in [5, 5.41) is 0. The number of ether oxygens (including phenoxy) is 1. The number of rotatable bonds is 5. The fourth-order valence-electron chi connectivity index (χ4n) is 2.67. The number of aromatic nitrogens is 2. The Bertz CT molecular complexity index is 485. The lowest BCUT2D eigenvalue weighted by molar-refractivity contribution is 0.0524. The van der Waals surface area contributed by atoms with Gasteiger partial charge in [0.2, 0.25) is 5.95 Å². The zero-order chi connectivity index (χ0) is 15.2. The van der Waals surface area contributed by atoms with Crippen molar-refractivity contribution >= 4 is 11.9 Å². The smallest absolute Gasteiger partial charge is 0.341 e. The quantitative estimate of drug-likeness (QED) is 0.829. The normalized spacial score (nSPS) is 16.0. The fourth-order valence-corrected chi connectivity index (χ4v) is 2.67. The van der Waals surface area contributed by atoms with Crippen molar-refractivity contribution in [1.29, 1.82) is 0 Å². The van der Waals surface area contributed by atoms with Gasteiger partial charge in [-0.3, -0.25) is 0 Å². The molecule has 116 valence electrons. The van der Waals surface area contributed by atoms with Crippen molar-refractivity contribution in [3.05, 3.63) is 17.5 Å². The van der Waals surface area contributed by atoms with Gasteiger partial charge in [0.15, 0.2) is 0 Å². The molecular formula is C15H24N4O2. The second-order valence-corrected chi connectivity index (χ2v) is 5.40. The molecule has 21 heavy (non-hydrogen) atoms. The van der Waals surface area contributed by atoms with Crippen molar-refractivity contribution in [2.75, 3.05) is 31.1 Å². The van der Waals surface area contributed by atoms with Crippen LogP contribution in [0.5, 0.6) is 0 Å². The minimum Gasteiger partial charge on any atom is -0.462 e. The van der Waals surface area contributed by atoms with E-state index in [1.165, 1.54) is 0 Å². The molecule has 0 radical (unpaired) electrons. The van der Waals surface area contributed by atoms with E-state index in [0.29, 0.717) is 29.7 Å². The monoisotopic (exact) mass is 292 g/mol. The van der Waals surface area contributed by atoms with Crippen LogP contribution in [0.15, 0.2) is 6.20 Å². The van der Waals surface area contributed by atoms with Crippen molar-refractivity contribution in [2.45, 2.75) is 33.1 Å². The standard InChI is InChI=1S/C15H24N4O2/c1-3-21-14(20)13-10-17-15(18-11(13)2)19-8-5-12(4-7-16)6-9-19/h10,12H,3-9,16H2,1-2H3. The van der Waals surface area contributed by atoms with Gasteiger partial charge in [-0.25, -0.2) is 14.8 Å². The Labute approximate surface area is 125 Å². The molecule has 0 aliphatic carbocycles.